The molecule has 0 amide bonds. The number of hydrogen-bond acceptors (Lipinski definition) is 3. The molecule has 0 radical (unpaired) electrons. The van der Waals surface area contributed by atoms with Crippen molar-refractivity contribution >= 4 is 22.3 Å². The maximum Gasteiger partial charge on any atom is 0.269 e. The van der Waals surface area contributed by atoms with Crippen LogP contribution in [-0.4, -0.2) is 4.92 Å². The Labute approximate surface area is 120 Å². The van der Waals surface area contributed by atoms with Gasteiger partial charge < -0.3 is 4.74 Å². The van der Waals surface area contributed by atoms with E-state index < -0.39 is 11.0 Å². The smallest absolute Gasteiger partial charge is 0.269 e. The summed E-state index contributed by atoms with van der Waals surface area (Å²) in [6.07, 6.45) is 1.33. The fraction of sp³-hybridized carbons (Fsp3) is 0.0667. The Bertz CT molecular complexity index is 712. The number of hydrogen-bond donors (Lipinski definition) is 0. The number of ether oxygens (including phenoxy) is 1. The largest absolute Gasteiger partial charge is 0.481 e. The van der Waals surface area contributed by atoms with Crippen LogP contribution in [0.3, 0.4) is 0 Å². The summed E-state index contributed by atoms with van der Waals surface area (Å²) in [5.74, 6) is 0.677. The molecule has 5 heteroatoms. The molecule has 0 saturated heterocycles. The summed E-state index contributed by atoms with van der Waals surface area (Å²) in [6.45, 7) is 0. The average molecular weight is 288 g/mol. The van der Waals surface area contributed by atoms with E-state index in [4.69, 9.17) is 16.3 Å². The Morgan fingerprint density at radius 2 is 1.95 bits per heavy atom. The van der Waals surface area contributed by atoms with Gasteiger partial charge in [-0.1, -0.05) is 35.9 Å². The highest BCUT2D eigenvalue weighted by Gasteiger charge is 2.22. The second kappa shape index (κ2) is 4.98. The van der Waals surface area contributed by atoms with E-state index in [1.807, 2.05) is 24.3 Å². The zero-order valence-electron chi connectivity index (χ0n) is 10.3. The van der Waals surface area contributed by atoms with Crippen LogP contribution in [0.4, 0.5) is 5.69 Å². The second-order valence-electron chi connectivity index (χ2n) is 4.40. The third kappa shape index (κ3) is 2.26. The molecule has 0 aromatic heterocycles. The van der Waals surface area contributed by atoms with Crippen LogP contribution in [0, 0.1) is 10.1 Å². The van der Waals surface area contributed by atoms with Gasteiger partial charge in [-0.25, -0.2) is 0 Å². The fourth-order valence-corrected chi connectivity index (χ4v) is 2.41. The van der Waals surface area contributed by atoms with Crippen LogP contribution in [0.25, 0.3) is 5.03 Å². The predicted octanol–water partition coefficient (Wildman–Crippen LogP) is 4.31. The minimum atomic E-state index is -0.425. The van der Waals surface area contributed by atoms with Crippen molar-refractivity contribution < 1.29 is 9.66 Å². The lowest BCUT2D eigenvalue weighted by molar-refractivity contribution is -0.385. The summed E-state index contributed by atoms with van der Waals surface area (Å²) < 4.78 is 5.84. The molecule has 2 aromatic carbocycles. The van der Waals surface area contributed by atoms with Crippen molar-refractivity contribution in [2.24, 2.45) is 0 Å². The highest BCUT2D eigenvalue weighted by atomic mass is 35.5. The zero-order chi connectivity index (χ0) is 14.1. The van der Waals surface area contributed by atoms with Gasteiger partial charge in [-0.2, -0.15) is 0 Å². The number of fused-ring (bicyclic) bond motifs is 1. The minimum absolute atomic E-state index is 0.0366. The molecule has 1 aliphatic heterocycles. The molecule has 4 nitrogen and oxygen atoms in total. The summed E-state index contributed by atoms with van der Waals surface area (Å²) in [7, 11) is 0. The lowest BCUT2D eigenvalue weighted by Gasteiger charge is -2.23. The van der Waals surface area contributed by atoms with Gasteiger partial charge in [0.2, 0.25) is 0 Å². The highest BCUT2D eigenvalue weighted by molar-refractivity contribution is 6.49. The van der Waals surface area contributed by atoms with Gasteiger partial charge in [-0.05, 0) is 18.2 Å². The van der Waals surface area contributed by atoms with Gasteiger partial charge in [-0.3, -0.25) is 10.1 Å². The van der Waals surface area contributed by atoms with E-state index in [-0.39, 0.29) is 5.69 Å². The molecule has 1 unspecified atom stereocenters. The average Bonchev–Trinajstić information content (AvgIpc) is 2.47. The predicted molar refractivity (Wildman–Crippen MR) is 76.7 cm³/mol. The van der Waals surface area contributed by atoms with Crippen molar-refractivity contribution in [3.05, 3.63) is 75.8 Å². The van der Waals surface area contributed by atoms with Gasteiger partial charge in [0.1, 0.15) is 11.9 Å². The molecule has 3 rings (SSSR count). The van der Waals surface area contributed by atoms with Crippen LogP contribution in [0.2, 0.25) is 0 Å². The topological polar surface area (TPSA) is 52.4 Å². The molecule has 0 bridgehead atoms. The van der Waals surface area contributed by atoms with Crippen LogP contribution in [0.1, 0.15) is 17.2 Å². The van der Waals surface area contributed by atoms with Crippen LogP contribution >= 0.6 is 11.6 Å². The zero-order valence-corrected chi connectivity index (χ0v) is 11.1. The molecular formula is C15H10ClNO3. The van der Waals surface area contributed by atoms with Crippen molar-refractivity contribution in [2.75, 3.05) is 0 Å². The summed E-state index contributed by atoms with van der Waals surface area (Å²) in [5, 5.41) is 11.4. The van der Waals surface area contributed by atoms with Crippen molar-refractivity contribution in [1.29, 1.82) is 0 Å². The summed E-state index contributed by atoms with van der Waals surface area (Å²) in [6, 6.07) is 13.8. The maximum atomic E-state index is 10.8. The molecule has 2 aromatic rings. The standard InChI is InChI=1S/C15H10ClNO3/c16-13-9-15(20-14-7-2-1-6-12(13)14)10-4-3-5-11(8-10)17(18)19/h1-9,15H. The van der Waals surface area contributed by atoms with Crippen molar-refractivity contribution in [3.8, 4) is 5.75 Å². The third-order valence-electron chi connectivity index (χ3n) is 3.11. The number of non-ortho nitro benzene ring substituents is 1. The van der Waals surface area contributed by atoms with E-state index in [9.17, 15) is 10.1 Å². The lowest BCUT2D eigenvalue weighted by atomic mass is 10.0. The van der Waals surface area contributed by atoms with E-state index in [0.29, 0.717) is 16.3 Å². The van der Waals surface area contributed by atoms with Gasteiger partial charge in [0, 0.05) is 23.3 Å². The van der Waals surface area contributed by atoms with Crippen LogP contribution in [0.15, 0.2) is 54.6 Å². The maximum absolute atomic E-state index is 10.8. The van der Waals surface area contributed by atoms with Crippen molar-refractivity contribution in [1.82, 2.24) is 0 Å². The van der Waals surface area contributed by atoms with Crippen LogP contribution < -0.4 is 4.74 Å². The van der Waals surface area contributed by atoms with Gasteiger partial charge in [0.05, 0.1) is 9.96 Å². The van der Waals surface area contributed by atoms with Crippen molar-refractivity contribution in [3.63, 3.8) is 0 Å². The number of para-hydroxylation sites is 1. The Balaban J connectivity index is 2.00. The summed E-state index contributed by atoms with van der Waals surface area (Å²) in [4.78, 5) is 10.4. The molecule has 100 valence electrons. The minimum Gasteiger partial charge on any atom is -0.481 e. The first-order chi connectivity index (χ1) is 9.65. The number of halogens is 1. The highest BCUT2D eigenvalue weighted by Crippen LogP contribution is 2.39. The van der Waals surface area contributed by atoms with Gasteiger partial charge in [-0.15, -0.1) is 0 Å². The first kappa shape index (κ1) is 12.7. The lowest BCUT2D eigenvalue weighted by Crippen LogP contribution is -2.10. The Morgan fingerprint density at radius 3 is 2.75 bits per heavy atom. The monoisotopic (exact) mass is 287 g/mol. The van der Waals surface area contributed by atoms with Crippen LogP contribution in [0.5, 0.6) is 5.75 Å². The summed E-state index contributed by atoms with van der Waals surface area (Å²) in [5.41, 5.74) is 1.57. The number of rotatable bonds is 2. The quantitative estimate of drug-likeness (QED) is 0.611. The molecule has 1 heterocycles. The van der Waals surface area contributed by atoms with E-state index in [1.54, 1.807) is 18.2 Å². The Morgan fingerprint density at radius 1 is 1.15 bits per heavy atom. The molecule has 0 aliphatic carbocycles. The number of benzene rings is 2. The molecule has 1 atom stereocenters. The molecule has 0 saturated carbocycles. The van der Waals surface area contributed by atoms with E-state index in [1.165, 1.54) is 12.1 Å². The first-order valence-electron chi connectivity index (χ1n) is 6.03. The molecule has 0 fully saturated rings. The molecule has 0 spiro atoms. The third-order valence-corrected chi connectivity index (χ3v) is 3.44. The van der Waals surface area contributed by atoms with E-state index in [2.05, 4.69) is 0 Å². The van der Waals surface area contributed by atoms with Crippen LogP contribution in [-0.2, 0) is 0 Å². The first-order valence-corrected chi connectivity index (χ1v) is 6.40. The van der Waals surface area contributed by atoms with Gasteiger partial charge in [0.15, 0.2) is 0 Å². The summed E-state index contributed by atoms with van der Waals surface area (Å²) >= 11 is 6.24. The Kier molecular flexibility index (Phi) is 3.16. The molecule has 20 heavy (non-hydrogen) atoms. The number of nitro benzene ring substituents is 1. The fourth-order valence-electron chi connectivity index (χ4n) is 2.14. The number of nitro groups is 1. The molecule has 0 N–H and O–H groups in total. The van der Waals surface area contributed by atoms with Gasteiger partial charge in [0.25, 0.3) is 5.69 Å². The van der Waals surface area contributed by atoms with Gasteiger partial charge >= 0.3 is 0 Å². The van der Waals surface area contributed by atoms with E-state index in [0.717, 1.165) is 5.56 Å². The Hall–Kier alpha value is -2.33. The SMILES string of the molecule is O=[N+]([O-])c1cccc(C2C=C(Cl)c3ccccc3O2)c1. The van der Waals surface area contributed by atoms with Crippen molar-refractivity contribution in [2.45, 2.75) is 6.10 Å². The molecular weight excluding hydrogens is 278 g/mol. The normalized spacial score (nSPS) is 16.9. The number of nitrogens with zero attached hydrogens (tertiary/aromatic N) is 1. The molecule has 1 aliphatic rings. The second-order valence-corrected chi connectivity index (χ2v) is 4.81. The van der Waals surface area contributed by atoms with E-state index >= 15 is 0 Å².